The Morgan fingerprint density at radius 2 is 2.24 bits per heavy atom. The van der Waals surface area contributed by atoms with Crippen LogP contribution >= 0.6 is 0 Å². The van der Waals surface area contributed by atoms with Crippen molar-refractivity contribution in [1.82, 2.24) is 10.3 Å². The average molecular weight is 315 g/mol. The van der Waals surface area contributed by atoms with Crippen LogP contribution in [0.2, 0.25) is 0 Å². The average Bonchev–Trinajstić information content (AvgIpc) is 2.80. The number of nitrogens with zero attached hydrogens (tertiary/aromatic N) is 1. The molecule has 0 bridgehead atoms. The highest BCUT2D eigenvalue weighted by Gasteiger charge is 2.30. The Labute approximate surface area is 123 Å². The predicted octanol–water partition coefficient (Wildman–Crippen LogP) is 0.0481. The van der Waals surface area contributed by atoms with Crippen molar-refractivity contribution in [1.29, 1.82) is 0 Å². The molecule has 1 aliphatic rings. The number of carbonyl (C=O) groups excluding carboxylic acids is 1. The van der Waals surface area contributed by atoms with Crippen LogP contribution in [0.3, 0.4) is 0 Å². The second-order valence-electron chi connectivity index (χ2n) is 5.25. The number of hydrogen-bond acceptors (Lipinski definition) is 5. The number of nitrogen functional groups attached to an aromatic ring is 1. The highest BCUT2D eigenvalue weighted by molar-refractivity contribution is 7.91. The van der Waals surface area contributed by atoms with E-state index in [0.29, 0.717) is 12.0 Å². The van der Waals surface area contributed by atoms with Gasteiger partial charge in [0.15, 0.2) is 9.84 Å². The van der Waals surface area contributed by atoms with Gasteiger partial charge in [0.25, 0.3) is 5.91 Å². The number of hydrazine groups is 1. The van der Waals surface area contributed by atoms with Crippen molar-refractivity contribution < 1.29 is 17.6 Å². The van der Waals surface area contributed by atoms with Crippen LogP contribution in [0.5, 0.6) is 0 Å². The molecule has 0 aliphatic carbocycles. The highest BCUT2D eigenvalue weighted by Crippen LogP contribution is 2.20. The summed E-state index contributed by atoms with van der Waals surface area (Å²) < 4.78 is 36.8. The lowest BCUT2D eigenvalue weighted by Gasteiger charge is -2.23. The Hall–Kier alpha value is -1.51. The van der Waals surface area contributed by atoms with E-state index in [1.807, 2.05) is 5.43 Å². The summed E-state index contributed by atoms with van der Waals surface area (Å²) >= 11 is 0. The number of nitrogens with one attached hydrogen (secondary N) is 1. The minimum atomic E-state index is -2.98. The van der Waals surface area contributed by atoms with E-state index in [0.717, 1.165) is 0 Å². The SMILES string of the molecule is CN(Cc1cc(C(=O)NN)ccc1F)C1CCS(=O)(=O)C1. The molecule has 2 rings (SSSR count). The van der Waals surface area contributed by atoms with E-state index in [1.54, 1.807) is 11.9 Å². The number of carbonyl (C=O) groups is 1. The zero-order valence-electron chi connectivity index (χ0n) is 11.7. The maximum Gasteiger partial charge on any atom is 0.265 e. The van der Waals surface area contributed by atoms with E-state index in [2.05, 4.69) is 0 Å². The summed E-state index contributed by atoms with van der Waals surface area (Å²) in [7, 11) is -1.23. The summed E-state index contributed by atoms with van der Waals surface area (Å²) in [6, 6.07) is 3.86. The number of hydrogen-bond donors (Lipinski definition) is 2. The monoisotopic (exact) mass is 315 g/mol. The van der Waals surface area contributed by atoms with Crippen molar-refractivity contribution in [2.75, 3.05) is 18.6 Å². The molecule has 1 aliphatic heterocycles. The molecule has 3 N–H and O–H groups in total. The molecule has 1 aromatic rings. The van der Waals surface area contributed by atoms with Crippen LogP contribution in [0.15, 0.2) is 18.2 Å². The van der Waals surface area contributed by atoms with Crippen LogP contribution in [0, 0.1) is 5.82 Å². The standard InChI is InChI=1S/C13H18FN3O3S/c1-17(11-4-5-21(19,20)8-11)7-10-6-9(13(18)16-15)2-3-12(10)14/h2-3,6,11H,4-5,7-8,15H2,1H3,(H,16,18). The van der Waals surface area contributed by atoms with Crippen LogP contribution in [-0.4, -0.2) is 43.8 Å². The molecule has 0 radical (unpaired) electrons. The molecule has 1 atom stereocenters. The summed E-state index contributed by atoms with van der Waals surface area (Å²) in [6.07, 6.45) is 0.545. The van der Waals surface area contributed by atoms with Crippen molar-refractivity contribution in [3.8, 4) is 0 Å². The van der Waals surface area contributed by atoms with E-state index in [4.69, 9.17) is 5.84 Å². The molecular weight excluding hydrogens is 297 g/mol. The van der Waals surface area contributed by atoms with Gasteiger partial charge in [-0.1, -0.05) is 0 Å². The lowest BCUT2D eigenvalue weighted by Crippen LogP contribution is -2.33. The van der Waals surface area contributed by atoms with Gasteiger partial charge in [-0.2, -0.15) is 0 Å². The van der Waals surface area contributed by atoms with E-state index >= 15 is 0 Å². The van der Waals surface area contributed by atoms with Gasteiger partial charge in [-0.15, -0.1) is 0 Å². The molecule has 6 nitrogen and oxygen atoms in total. The van der Waals surface area contributed by atoms with Crippen molar-refractivity contribution in [3.63, 3.8) is 0 Å². The van der Waals surface area contributed by atoms with Crippen LogP contribution in [0.25, 0.3) is 0 Å². The third-order valence-electron chi connectivity index (χ3n) is 3.69. The van der Waals surface area contributed by atoms with Gasteiger partial charge < -0.3 is 0 Å². The number of amides is 1. The summed E-state index contributed by atoms with van der Waals surface area (Å²) in [4.78, 5) is 13.3. The Bertz CT molecular complexity index is 648. The van der Waals surface area contributed by atoms with Crippen LogP contribution < -0.4 is 11.3 Å². The van der Waals surface area contributed by atoms with E-state index in [1.165, 1.54) is 18.2 Å². The fraction of sp³-hybridized carbons (Fsp3) is 0.462. The van der Waals surface area contributed by atoms with Gasteiger partial charge in [0.1, 0.15) is 5.82 Å². The minimum Gasteiger partial charge on any atom is -0.298 e. The zero-order valence-corrected chi connectivity index (χ0v) is 12.5. The molecule has 1 saturated heterocycles. The van der Waals surface area contributed by atoms with Gasteiger partial charge in [-0.25, -0.2) is 18.7 Å². The maximum atomic E-state index is 13.8. The van der Waals surface area contributed by atoms with Crippen molar-refractivity contribution >= 4 is 15.7 Å². The topological polar surface area (TPSA) is 92.5 Å². The molecule has 1 fully saturated rings. The summed E-state index contributed by atoms with van der Waals surface area (Å²) in [5.41, 5.74) is 2.59. The van der Waals surface area contributed by atoms with Gasteiger partial charge >= 0.3 is 0 Å². The normalized spacial score (nSPS) is 20.7. The van der Waals surface area contributed by atoms with Gasteiger partial charge in [-0.3, -0.25) is 15.1 Å². The Kier molecular flexibility index (Phi) is 4.60. The fourth-order valence-electron chi connectivity index (χ4n) is 2.44. The third-order valence-corrected chi connectivity index (χ3v) is 5.44. The Balaban J connectivity index is 2.13. The van der Waals surface area contributed by atoms with Crippen LogP contribution in [0.1, 0.15) is 22.3 Å². The first-order valence-corrected chi connectivity index (χ1v) is 8.34. The number of benzene rings is 1. The molecule has 8 heteroatoms. The molecule has 1 amide bonds. The second-order valence-corrected chi connectivity index (χ2v) is 7.48. The lowest BCUT2D eigenvalue weighted by atomic mass is 10.1. The first-order valence-electron chi connectivity index (χ1n) is 6.52. The largest absolute Gasteiger partial charge is 0.298 e. The number of nitrogens with two attached hydrogens (primary N) is 1. The highest BCUT2D eigenvalue weighted by atomic mass is 32.2. The van der Waals surface area contributed by atoms with E-state index in [-0.39, 0.29) is 29.7 Å². The molecule has 1 heterocycles. The molecule has 1 unspecified atom stereocenters. The van der Waals surface area contributed by atoms with Gasteiger partial charge in [0.05, 0.1) is 11.5 Å². The minimum absolute atomic E-state index is 0.0914. The number of halogens is 1. The molecular formula is C13H18FN3O3S. The van der Waals surface area contributed by atoms with Crippen molar-refractivity contribution in [2.24, 2.45) is 5.84 Å². The molecule has 1 aromatic carbocycles. The van der Waals surface area contributed by atoms with Crippen molar-refractivity contribution in [2.45, 2.75) is 19.0 Å². The molecule has 0 spiro atoms. The van der Waals surface area contributed by atoms with Crippen molar-refractivity contribution in [3.05, 3.63) is 35.1 Å². The quantitative estimate of drug-likeness (QED) is 0.465. The third kappa shape index (κ3) is 3.78. The second kappa shape index (κ2) is 6.08. The first kappa shape index (κ1) is 15.9. The smallest absolute Gasteiger partial charge is 0.265 e. The van der Waals surface area contributed by atoms with Gasteiger partial charge in [0, 0.05) is 23.7 Å². The maximum absolute atomic E-state index is 13.8. The first-order chi connectivity index (χ1) is 9.82. The molecule has 0 saturated carbocycles. The fourth-order valence-corrected chi connectivity index (χ4v) is 4.25. The van der Waals surface area contributed by atoms with Crippen LogP contribution in [0.4, 0.5) is 4.39 Å². The Morgan fingerprint density at radius 1 is 1.52 bits per heavy atom. The molecule has 0 aromatic heterocycles. The molecule has 116 valence electrons. The predicted molar refractivity (Wildman–Crippen MR) is 76.6 cm³/mol. The summed E-state index contributed by atoms with van der Waals surface area (Å²) in [5, 5.41) is 0. The summed E-state index contributed by atoms with van der Waals surface area (Å²) in [5.74, 6) is 4.38. The molecule has 21 heavy (non-hydrogen) atoms. The van der Waals surface area contributed by atoms with Gasteiger partial charge in [0.2, 0.25) is 0 Å². The lowest BCUT2D eigenvalue weighted by molar-refractivity contribution is 0.0953. The Morgan fingerprint density at radius 3 is 2.81 bits per heavy atom. The van der Waals surface area contributed by atoms with Gasteiger partial charge in [-0.05, 0) is 31.7 Å². The van der Waals surface area contributed by atoms with E-state index in [9.17, 15) is 17.6 Å². The number of sulfone groups is 1. The van der Waals surface area contributed by atoms with Crippen LogP contribution in [-0.2, 0) is 16.4 Å². The van der Waals surface area contributed by atoms with E-state index < -0.39 is 21.6 Å². The summed E-state index contributed by atoms with van der Waals surface area (Å²) in [6.45, 7) is 0.234. The number of rotatable bonds is 4. The zero-order chi connectivity index (χ0) is 15.6.